The summed E-state index contributed by atoms with van der Waals surface area (Å²) in [5, 5.41) is 13.0. The molecule has 0 unspecified atom stereocenters. The largest absolute Gasteiger partial charge is 0.392 e. The van der Waals surface area contributed by atoms with Crippen molar-refractivity contribution >= 4 is 5.91 Å². The first-order valence-corrected chi connectivity index (χ1v) is 6.23. The van der Waals surface area contributed by atoms with E-state index < -0.39 is 0 Å². The Kier molecular flexibility index (Phi) is 4.01. The molecule has 2 fully saturated rings. The van der Waals surface area contributed by atoms with Crippen LogP contribution in [0.5, 0.6) is 0 Å². The van der Waals surface area contributed by atoms with Crippen LogP contribution < -0.4 is 5.32 Å². The third-order valence-electron chi connectivity index (χ3n) is 4.11. The van der Waals surface area contributed by atoms with Crippen LogP contribution in [0.2, 0.25) is 0 Å². The van der Waals surface area contributed by atoms with Crippen molar-refractivity contribution in [2.75, 3.05) is 26.9 Å². The highest BCUT2D eigenvalue weighted by Crippen LogP contribution is 2.48. The van der Waals surface area contributed by atoms with Gasteiger partial charge in [0.2, 0.25) is 5.91 Å². The van der Waals surface area contributed by atoms with Crippen molar-refractivity contribution in [3.05, 3.63) is 0 Å². The molecule has 0 bridgehead atoms. The van der Waals surface area contributed by atoms with E-state index in [-0.39, 0.29) is 23.5 Å². The van der Waals surface area contributed by atoms with E-state index in [1.165, 1.54) is 0 Å². The Morgan fingerprint density at radius 3 is 2.82 bits per heavy atom. The number of aliphatic hydroxyl groups excluding tert-OH is 1. The number of ether oxygens (including phenoxy) is 2. The minimum Gasteiger partial charge on any atom is -0.392 e. The van der Waals surface area contributed by atoms with Gasteiger partial charge in [-0.25, -0.2) is 0 Å². The quantitative estimate of drug-likeness (QED) is 0.733. The van der Waals surface area contributed by atoms with E-state index in [4.69, 9.17) is 9.47 Å². The van der Waals surface area contributed by atoms with Crippen molar-refractivity contribution in [2.45, 2.75) is 37.8 Å². The van der Waals surface area contributed by atoms with Gasteiger partial charge in [-0.3, -0.25) is 4.79 Å². The number of carbonyl (C=O) groups is 1. The fourth-order valence-corrected chi connectivity index (χ4v) is 2.86. The monoisotopic (exact) mass is 243 g/mol. The maximum Gasteiger partial charge on any atom is 0.222 e. The topological polar surface area (TPSA) is 67.8 Å². The number of hydrogen-bond donors (Lipinski definition) is 2. The van der Waals surface area contributed by atoms with Crippen LogP contribution in [0.15, 0.2) is 0 Å². The maximum atomic E-state index is 11.6. The van der Waals surface area contributed by atoms with Gasteiger partial charge in [-0.05, 0) is 19.3 Å². The molecule has 2 N–H and O–H groups in total. The molecule has 1 aliphatic carbocycles. The minimum atomic E-state index is -0.292. The Bertz CT molecular complexity index is 276. The van der Waals surface area contributed by atoms with Crippen LogP contribution in [-0.2, 0) is 14.3 Å². The van der Waals surface area contributed by atoms with Crippen LogP contribution in [0.4, 0.5) is 0 Å². The summed E-state index contributed by atoms with van der Waals surface area (Å²) in [6, 6.07) is 0.103. The summed E-state index contributed by atoms with van der Waals surface area (Å²) >= 11 is 0. The number of amides is 1. The van der Waals surface area contributed by atoms with E-state index in [0.29, 0.717) is 32.7 Å². The van der Waals surface area contributed by atoms with Crippen molar-refractivity contribution in [1.82, 2.24) is 5.32 Å². The summed E-state index contributed by atoms with van der Waals surface area (Å²) in [7, 11) is 1.58. The Morgan fingerprint density at radius 1 is 1.53 bits per heavy atom. The van der Waals surface area contributed by atoms with Crippen molar-refractivity contribution in [2.24, 2.45) is 5.41 Å². The lowest BCUT2D eigenvalue weighted by Gasteiger charge is -2.55. The highest BCUT2D eigenvalue weighted by Gasteiger charge is 2.55. The fourth-order valence-electron chi connectivity index (χ4n) is 2.86. The fraction of sp³-hybridized carbons (Fsp3) is 0.917. The Labute approximate surface area is 101 Å². The van der Waals surface area contributed by atoms with Gasteiger partial charge in [0.15, 0.2) is 0 Å². The lowest BCUT2D eigenvalue weighted by atomic mass is 9.58. The zero-order valence-electron chi connectivity index (χ0n) is 10.3. The lowest BCUT2D eigenvalue weighted by Crippen LogP contribution is -2.65. The normalized spacial score (nSPS) is 30.9. The standard InChI is InChI=1S/C12H21NO4/c1-16-5-2-11(15)13-9-8-10(14)12(9)3-6-17-7-4-12/h9-10,14H,2-8H2,1H3,(H,13,15)/t9-,10-/m1/s1. The van der Waals surface area contributed by atoms with Gasteiger partial charge in [-0.1, -0.05) is 0 Å². The number of nitrogens with one attached hydrogen (secondary N) is 1. The molecule has 0 aromatic carbocycles. The van der Waals surface area contributed by atoms with Gasteiger partial charge in [0.25, 0.3) is 0 Å². The molecular formula is C12H21NO4. The molecule has 1 amide bonds. The number of rotatable bonds is 4. The smallest absolute Gasteiger partial charge is 0.222 e. The highest BCUT2D eigenvalue weighted by atomic mass is 16.5. The molecule has 2 aliphatic rings. The van der Waals surface area contributed by atoms with E-state index in [0.717, 1.165) is 12.8 Å². The molecule has 1 saturated carbocycles. The summed E-state index contributed by atoms with van der Waals surface area (Å²) in [4.78, 5) is 11.6. The minimum absolute atomic E-state index is 0.00890. The lowest BCUT2D eigenvalue weighted by molar-refractivity contribution is -0.156. The molecule has 0 aromatic heterocycles. The average Bonchev–Trinajstić information content (AvgIpc) is 2.37. The SMILES string of the molecule is COCCC(=O)N[C@@H]1C[C@@H](O)C12CCOCC2. The molecule has 98 valence electrons. The van der Waals surface area contributed by atoms with Crippen molar-refractivity contribution in [3.63, 3.8) is 0 Å². The second-order valence-electron chi connectivity index (χ2n) is 4.96. The summed E-state index contributed by atoms with van der Waals surface area (Å²) in [5.41, 5.74) is -0.138. The first kappa shape index (κ1) is 12.8. The molecule has 1 heterocycles. The van der Waals surface area contributed by atoms with Crippen molar-refractivity contribution in [1.29, 1.82) is 0 Å². The van der Waals surface area contributed by atoms with Gasteiger partial charge < -0.3 is 19.9 Å². The first-order valence-electron chi connectivity index (χ1n) is 6.23. The second-order valence-corrected chi connectivity index (χ2v) is 4.96. The van der Waals surface area contributed by atoms with E-state index >= 15 is 0 Å². The summed E-state index contributed by atoms with van der Waals surface area (Å²) in [6.45, 7) is 1.81. The van der Waals surface area contributed by atoms with E-state index in [9.17, 15) is 9.90 Å². The molecule has 5 nitrogen and oxygen atoms in total. The van der Waals surface area contributed by atoms with E-state index in [1.807, 2.05) is 0 Å². The number of hydrogen-bond acceptors (Lipinski definition) is 4. The van der Waals surface area contributed by atoms with Crippen LogP contribution in [0.1, 0.15) is 25.7 Å². The van der Waals surface area contributed by atoms with Crippen LogP contribution >= 0.6 is 0 Å². The van der Waals surface area contributed by atoms with Crippen LogP contribution in [0.25, 0.3) is 0 Å². The Morgan fingerprint density at radius 2 is 2.24 bits per heavy atom. The molecular weight excluding hydrogens is 222 g/mol. The van der Waals surface area contributed by atoms with Crippen LogP contribution in [0.3, 0.4) is 0 Å². The third-order valence-corrected chi connectivity index (χ3v) is 4.11. The van der Waals surface area contributed by atoms with Crippen LogP contribution in [-0.4, -0.2) is 50.1 Å². The second kappa shape index (κ2) is 5.33. The molecule has 1 aliphatic heterocycles. The molecule has 0 aromatic rings. The number of aliphatic hydroxyl groups is 1. The van der Waals surface area contributed by atoms with E-state index in [2.05, 4.69) is 5.32 Å². The summed E-state index contributed by atoms with van der Waals surface area (Å²) < 4.78 is 10.2. The van der Waals surface area contributed by atoms with Gasteiger partial charge >= 0.3 is 0 Å². The number of methoxy groups -OCH3 is 1. The molecule has 5 heteroatoms. The van der Waals surface area contributed by atoms with Crippen molar-refractivity contribution < 1.29 is 19.4 Å². The summed E-state index contributed by atoms with van der Waals surface area (Å²) in [6.07, 6.45) is 2.43. The van der Waals surface area contributed by atoms with Gasteiger partial charge in [0, 0.05) is 38.2 Å². The molecule has 17 heavy (non-hydrogen) atoms. The molecule has 2 atom stereocenters. The van der Waals surface area contributed by atoms with Gasteiger partial charge in [0.1, 0.15) is 0 Å². The van der Waals surface area contributed by atoms with Crippen molar-refractivity contribution in [3.8, 4) is 0 Å². The van der Waals surface area contributed by atoms with Gasteiger partial charge in [-0.2, -0.15) is 0 Å². The van der Waals surface area contributed by atoms with Gasteiger partial charge in [-0.15, -0.1) is 0 Å². The van der Waals surface area contributed by atoms with Crippen LogP contribution in [0, 0.1) is 5.41 Å². The zero-order chi connectivity index (χ0) is 12.3. The highest BCUT2D eigenvalue weighted by molar-refractivity contribution is 5.76. The molecule has 1 saturated heterocycles. The predicted molar refractivity (Wildman–Crippen MR) is 61.5 cm³/mol. The molecule has 2 rings (SSSR count). The average molecular weight is 243 g/mol. The van der Waals surface area contributed by atoms with E-state index in [1.54, 1.807) is 7.11 Å². The Balaban J connectivity index is 1.86. The molecule has 0 radical (unpaired) electrons. The molecule has 1 spiro atoms. The predicted octanol–water partition coefficient (Wildman–Crippen LogP) is 0.0691. The third kappa shape index (κ3) is 2.46. The summed E-state index contributed by atoms with van der Waals surface area (Å²) in [5.74, 6) is 0.00890. The number of carbonyl (C=O) groups excluding carboxylic acids is 1. The first-order chi connectivity index (χ1) is 8.19. The Hall–Kier alpha value is -0.650. The van der Waals surface area contributed by atoms with Gasteiger partial charge in [0.05, 0.1) is 12.7 Å². The zero-order valence-corrected chi connectivity index (χ0v) is 10.3. The maximum absolute atomic E-state index is 11.6.